The summed E-state index contributed by atoms with van der Waals surface area (Å²) in [5.74, 6) is 0.0441. The van der Waals surface area contributed by atoms with Gasteiger partial charge in [0, 0.05) is 23.7 Å². The fourth-order valence-corrected chi connectivity index (χ4v) is 4.23. The van der Waals surface area contributed by atoms with Gasteiger partial charge < -0.3 is 10.1 Å². The first-order chi connectivity index (χ1) is 15.6. The summed E-state index contributed by atoms with van der Waals surface area (Å²) >= 11 is 7.19. The van der Waals surface area contributed by atoms with Crippen molar-refractivity contribution < 1.29 is 14.5 Å². The predicted molar refractivity (Wildman–Crippen MR) is 129 cm³/mol. The van der Waals surface area contributed by atoms with Gasteiger partial charge in [-0.15, -0.1) is 0 Å². The number of methoxy groups -OCH3 is 1. The van der Waals surface area contributed by atoms with Gasteiger partial charge in [0.25, 0.3) is 11.2 Å². The van der Waals surface area contributed by atoms with Crippen LogP contribution in [0, 0.1) is 16.0 Å². The lowest BCUT2D eigenvalue weighted by Crippen LogP contribution is -2.28. The summed E-state index contributed by atoms with van der Waals surface area (Å²) in [6, 6.07) is 8.86. The Hall–Kier alpha value is -3.11. The van der Waals surface area contributed by atoms with Crippen LogP contribution in [0.2, 0.25) is 5.02 Å². The van der Waals surface area contributed by atoms with Crippen molar-refractivity contribution in [1.82, 2.24) is 9.55 Å². The van der Waals surface area contributed by atoms with Crippen LogP contribution in [-0.4, -0.2) is 32.7 Å². The molecule has 33 heavy (non-hydrogen) atoms. The molecule has 1 aromatic heterocycles. The number of thioether (sulfide) groups is 1. The number of nitrogens with one attached hydrogen (secondary N) is 1. The van der Waals surface area contributed by atoms with Crippen molar-refractivity contribution in [2.45, 2.75) is 37.7 Å². The van der Waals surface area contributed by atoms with E-state index in [0.717, 1.165) is 11.8 Å². The van der Waals surface area contributed by atoms with Gasteiger partial charge in [0.15, 0.2) is 5.16 Å². The van der Waals surface area contributed by atoms with Crippen LogP contribution < -0.4 is 15.6 Å². The lowest BCUT2D eigenvalue weighted by atomic mass is 10.2. The first kappa shape index (κ1) is 24.5. The maximum Gasteiger partial charge on any atom is 0.271 e. The number of halogens is 1. The van der Waals surface area contributed by atoms with E-state index in [9.17, 15) is 19.7 Å². The minimum absolute atomic E-state index is 0.166. The zero-order valence-corrected chi connectivity index (χ0v) is 20.1. The monoisotopic (exact) mass is 490 g/mol. The topological polar surface area (TPSA) is 116 Å². The molecule has 0 aliphatic heterocycles. The first-order valence-electron chi connectivity index (χ1n) is 10.1. The molecule has 1 unspecified atom stereocenters. The highest BCUT2D eigenvalue weighted by molar-refractivity contribution is 8.00. The van der Waals surface area contributed by atoms with Crippen LogP contribution >= 0.6 is 23.4 Å². The molecule has 3 aromatic rings. The molecule has 1 N–H and O–H groups in total. The highest BCUT2D eigenvalue weighted by Crippen LogP contribution is 2.31. The molecular weight excluding hydrogens is 468 g/mol. The highest BCUT2D eigenvalue weighted by atomic mass is 35.5. The van der Waals surface area contributed by atoms with Crippen molar-refractivity contribution in [3.63, 3.8) is 0 Å². The number of carbonyl (C=O) groups excluding carboxylic acids is 1. The Balaban J connectivity index is 1.93. The summed E-state index contributed by atoms with van der Waals surface area (Å²) in [5, 5.41) is 14.4. The van der Waals surface area contributed by atoms with Gasteiger partial charge in [-0.25, -0.2) is 4.98 Å². The predicted octanol–water partition coefficient (Wildman–Crippen LogP) is 4.74. The molecular formula is C22H23ClN4O5S. The molecule has 0 saturated carbocycles. The second kappa shape index (κ2) is 10.2. The number of rotatable bonds is 8. The summed E-state index contributed by atoms with van der Waals surface area (Å²) in [7, 11) is 1.41. The van der Waals surface area contributed by atoms with Gasteiger partial charge in [-0.3, -0.25) is 24.3 Å². The van der Waals surface area contributed by atoms with Gasteiger partial charge >= 0.3 is 0 Å². The molecule has 1 heterocycles. The molecule has 3 rings (SSSR count). The van der Waals surface area contributed by atoms with Gasteiger partial charge in [0.2, 0.25) is 5.91 Å². The zero-order chi connectivity index (χ0) is 24.3. The van der Waals surface area contributed by atoms with E-state index >= 15 is 0 Å². The maximum absolute atomic E-state index is 13.1. The average Bonchev–Trinajstić information content (AvgIpc) is 2.76. The van der Waals surface area contributed by atoms with E-state index in [1.807, 2.05) is 13.8 Å². The Labute approximate surface area is 199 Å². The molecule has 0 bridgehead atoms. The number of aromatic nitrogens is 2. The first-order valence-corrected chi connectivity index (χ1v) is 11.4. The van der Waals surface area contributed by atoms with Crippen molar-refractivity contribution in [3.05, 3.63) is 61.9 Å². The lowest BCUT2D eigenvalue weighted by molar-refractivity contribution is -0.384. The number of amides is 1. The Morgan fingerprint density at radius 3 is 2.64 bits per heavy atom. The molecule has 11 heteroatoms. The van der Waals surface area contributed by atoms with Crippen LogP contribution in [-0.2, 0) is 11.3 Å². The zero-order valence-electron chi connectivity index (χ0n) is 18.5. The quantitative estimate of drug-likeness (QED) is 0.210. The minimum Gasteiger partial charge on any atom is -0.495 e. The van der Waals surface area contributed by atoms with E-state index in [-0.39, 0.29) is 22.9 Å². The number of nitrogens with zero attached hydrogens (tertiary/aromatic N) is 3. The molecule has 0 radical (unpaired) electrons. The Kier molecular flexibility index (Phi) is 7.60. The second-order valence-electron chi connectivity index (χ2n) is 7.76. The van der Waals surface area contributed by atoms with E-state index in [4.69, 9.17) is 16.3 Å². The van der Waals surface area contributed by atoms with E-state index in [1.165, 1.54) is 25.3 Å². The van der Waals surface area contributed by atoms with Crippen molar-refractivity contribution in [2.24, 2.45) is 5.92 Å². The number of non-ortho nitro benzene ring substituents is 1. The van der Waals surface area contributed by atoms with Gasteiger partial charge in [-0.2, -0.15) is 0 Å². The third-order valence-corrected chi connectivity index (χ3v) is 6.06. The van der Waals surface area contributed by atoms with Crippen LogP contribution in [0.5, 0.6) is 5.75 Å². The standard InChI is InChI=1S/C22H23ClN4O5S/c1-12(2)11-26-21(29)16-9-14(23)5-7-17(16)25-22(26)33-13(3)20(28)24-18-10-15(27(30)31)6-8-19(18)32-4/h5-10,12-13H,11H2,1-4H3,(H,24,28). The molecule has 1 atom stereocenters. The molecule has 1 amide bonds. The number of nitro groups is 1. The molecule has 174 valence electrons. The number of carbonyl (C=O) groups is 1. The molecule has 9 nitrogen and oxygen atoms in total. The van der Waals surface area contributed by atoms with E-state index in [0.29, 0.717) is 33.4 Å². The van der Waals surface area contributed by atoms with E-state index in [2.05, 4.69) is 10.3 Å². The van der Waals surface area contributed by atoms with Gasteiger partial charge in [-0.1, -0.05) is 37.2 Å². The van der Waals surface area contributed by atoms with Crippen LogP contribution in [0.25, 0.3) is 10.9 Å². The highest BCUT2D eigenvalue weighted by Gasteiger charge is 2.22. The molecule has 2 aromatic carbocycles. The number of ether oxygens (including phenoxy) is 1. The Morgan fingerprint density at radius 1 is 1.27 bits per heavy atom. The van der Waals surface area contributed by atoms with Crippen LogP contribution in [0.1, 0.15) is 20.8 Å². The van der Waals surface area contributed by atoms with E-state index in [1.54, 1.807) is 29.7 Å². The number of nitro benzene ring substituents is 1. The van der Waals surface area contributed by atoms with Gasteiger partial charge in [-0.05, 0) is 37.1 Å². The summed E-state index contributed by atoms with van der Waals surface area (Å²) in [6.07, 6.45) is 0. The number of benzene rings is 2. The molecule has 0 fully saturated rings. The summed E-state index contributed by atoms with van der Waals surface area (Å²) in [5.41, 5.74) is 0.267. The van der Waals surface area contributed by atoms with Gasteiger partial charge in [0.05, 0.1) is 33.9 Å². The maximum atomic E-state index is 13.1. The number of hydrogen-bond donors (Lipinski definition) is 1. The summed E-state index contributed by atoms with van der Waals surface area (Å²) in [6.45, 7) is 6.05. The lowest BCUT2D eigenvalue weighted by Gasteiger charge is -2.18. The molecule has 0 saturated heterocycles. The fourth-order valence-electron chi connectivity index (χ4n) is 3.14. The van der Waals surface area contributed by atoms with E-state index < -0.39 is 16.1 Å². The Morgan fingerprint density at radius 2 is 2.00 bits per heavy atom. The molecule has 0 spiro atoms. The normalized spacial score (nSPS) is 12.1. The third-order valence-electron chi connectivity index (χ3n) is 4.73. The number of hydrogen-bond acceptors (Lipinski definition) is 7. The van der Waals surface area contributed by atoms with Crippen molar-refractivity contribution in [3.8, 4) is 5.75 Å². The number of fused-ring (bicyclic) bond motifs is 1. The second-order valence-corrected chi connectivity index (χ2v) is 9.50. The average molecular weight is 491 g/mol. The largest absolute Gasteiger partial charge is 0.495 e. The smallest absolute Gasteiger partial charge is 0.271 e. The van der Waals surface area contributed by atoms with Crippen molar-refractivity contribution in [1.29, 1.82) is 0 Å². The SMILES string of the molecule is COc1ccc([N+](=O)[O-])cc1NC(=O)C(C)Sc1nc2ccc(Cl)cc2c(=O)n1CC(C)C. The Bertz CT molecular complexity index is 1280. The minimum atomic E-state index is -0.663. The third kappa shape index (κ3) is 5.63. The van der Waals surface area contributed by atoms with Crippen molar-refractivity contribution in [2.75, 3.05) is 12.4 Å². The summed E-state index contributed by atoms with van der Waals surface area (Å²) in [4.78, 5) is 41.2. The van der Waals surface area contributed by atoms with Gasteiger partial charge in [0.1, 0.15) is 5.75 Å². The molecule has 0 aliphatic rings. The van der Waals surface area contributed by atoms with Crippen LogP contribution in [0.4, 0.5) is 11.4 Å². The van der Waals surface area contributed by atoms with Crippen LogP contribution in [0.3, 0.4) is 0 Å². The van der Waals surface area contributed by atoms with Crippen LogP contribution in [0.15, 0.2) is 46.3 Å². The number of anilines is 1. The van der Waals surface area contributed by atoms with Crippen molar-refractivity contribution >= 4 is 51.5 Å². The molecule has 0 aliphatic carbocycles. The fraction of sp³-hybridized carbons (Fsp3) is 0.318. The summed E-state index contributed by atoms with van der Waals surface area (Å²) < 4.78 is 6.75.